The molecule has 128 valence electrons. The van der Waals surface area contributed by atoms with Gasteiger partial charge in [-0.25, -0.2) is 14.4 Å². The Morgan fingerprint density at radius 2 is 1.80 bits per heavy atom. The second-order valence-corrected chi connectivity index (χ2v) is 7.07. The van der Waals surface area contributed by atoms with E-state index in [-0.39, 0.29) is 23.0 Å². The van der Waals surface area contributed by atoms with Crippen LogP contribution in [0.25, 0.3) is 10.9 Å². The predicted molar refractivity (Wildman–Crippen MR) is 97.8 cm³/mol. The lowest BCUT2D eigenvalue weighted by atomic mass is 10.1. The van der Waals surface area contributed by atoms with Crippen molar-refractivity contribution in [3.8, 4) is 0 Å². The maximum absolute atomic E-state index is 13.0. The van der Waals surface area contributed by atoms with Crippen LogP contribution in [0.2, 0.25) is 0 Å². The molecule has 2 aromatic carbocycles. The average molecular weight is 355 g/mol. The van der Waals surface area contributed by atoms with Crippen LogP contribution in [0.1, 0.15) is 25.5 Å². The number of carbonyl (C=O) groups excluding carboxylic acids is 1. The molecule has 3 rings (SSSR count). The number of fused-ring (bicyclic) bond motifs is 1. The number of thioether (sulfide) groups is 1. The summed E-state index contributed by atoms with van der Waals surface area (Å²) in [5, 5.41) is 4.35. The quantitative estimate of drug-likeness (QED) is 0.552. The van der Waals surface area contributed by atoms with Crippen molar-refractivity contribution < 1.29 is 9.18 Å². The van der Waals surface area contributed by atoms with Gasteiger partial charge in [0.2, 0.25) is 5.91 Å². The van der Waals surface area contributed by atoms with Crippen LogP contribution in [-0.4, -0.2) is 21.1 Å². The average Bonchev–Trinajstić information content (AvgIpc) is 2.62. The Bertz CT molecular complexity index is 880. The molecule has 1 N–H and O–H groups in total. The van der Waals surface area contributed by atoms with Crippen LogP contribution >= 0.6 is 11.8 Å². The van der Waals surface area contributed by atoms with E-state index in [1.165, 1.54) is 30.2 Å². The fourth-order valence-electron chi connectivity index (χ4n) is 2.46. The molecule has 0 aliphatic carbocycles. The van der Waals surface area contributed by atoms with Crippen LogP contribution in [-0.2, 0) is 4.79 Å². The lowest BCUT2D eigenvalue weighted by molar-refractivity contribution is -0.120. The van der Waals surface area contributed by atoms with Gasteiger partial charge >= 0.3 is 0 Å². The van der Waals surface area contributed by atoms with E-state index in [1.54, 1.807) is 12.1 Å². The van der Waals surface area contributed by atoms with Crippen molar-refractivity contribution in [2.45, 2.75) is 30.2 Å². The summed E-state index contributed by atoms with van der Waals surface area (Å²) in [4.78, 5) is 21.0. The second-order valence-electron chi connectivity index (χ2n) is 5.74. The Labute approximate surface area is 149 Å². The highest BCUT2D eigenvalue weighted by Gasteiger charge is 2.19. The van der Waals surface area contributed by atoms with Crippen LogP contribution in [0.4, 0.5) is 4.39 Å². The first kappa shape index (κ1) is 17.4. The van der Waals surface area contributed by atoms with Gasteiger partial charge in [-0.2, -0.15) is 0 Å². The van der Waals surface area contributed by atoms with E-state index in [9.17, 15) is 9.18 Å². The maximum atomic E-state index is 13.0. The Morgan fingerprint density at radius 1 is 1.08 bits per heavy atom. The number of amides is 1. The summed E-state index contributed by atoms with van der Waals surface area (Å²) in [6, 6.07) is 13.7. The summed E-state index contributed by atoms with van der Waals surface area (Å²) < 4.78 is 13.0. The fraction of sp³-hybridized carbons (Fsp3) is 0.211. The van der Waals surface area contributed by atoms with Crippen LogP contribution in [0.15, 0.2) is 59.9 Å². The molecule has 25 heavy (non-hydrogen) atoms. The molecule has 0 aliphatic rings. The molecule has 2 atom stereocenters. The molecule has 0 fully saturated rings. The number of hydrogen-bond donors (Lipinski definition) is 1. The molecule has 0 saturated carbocycles. The standard InChI is InChI=1S/C19H18FN3OS/c1-12(14-7-9-15(20)10-8-14)23-18(24)13(2)25-19-16-5-3-4-6-17(16)21-11-22-19/h3-13H,1-2H3,(H,23,24). The number of benzene rings is 2. The Balaban J connectivity index is 1.69. The van der Waals surface area contributed by atoms with Crippen molar-refractivity contribution in [2.24, 2.45) is 0 Å². The lowest BCUT2D eigenvalue weighted by Gasteiger charge is -2.18. The smallest absolute Gasteiger partial charge is 0.233 e. The van der Waals surface area contributed by atoms with E-state index in [0.29, 0.717) is 0 Å². The molecule has 6 heteroatoms. The number of aromatic nitrogens is 2. The maximum Gasteiger partial charge on any atom is 0.233 e. The molecule has 0 saturated heterocycles. The second kappa shape index (κ2) is 7.61. The molecule has 1 amide bonds. The zero-order valence-corrected chi connectivity index (χ0v) is 14.8. The molecule has 4 nitrogen and oxygen atoms in total. The molecule has 3 aromatic rings. The van der Waals surface area contributed by atoms with E-state index >= 15 is 0 Å². The first-order valence-electron chi connectivity index (χ1n) is 7.97. The van der Waals surface area contributed by atoms with Crippen molar-refractivity contribution in [2.75, 3.05) is 0 Å². The van der Waals surface area contributed by atoms with Gasteiger partial charge in [0, 0.05) is 5.39 Å². The number of hydrogen-bond acceptors (Lipinski definition) is 4. The summed E-state index contributed by atoms with van der Waals surface area (Å²) in [6.45, 7) is 3.72. The largest absolute Gasteiger partial charge is 0.349 e. The molecule has 0 radical (unpaired) electrons. The van der Waals surface area contributed by atoms with Gasteiger partial charge in [0.05, 0.1) is 16.8 Å². The van der Waals surface area contributed by atoms with Crippen LogP contribution in [0, 0.1) is 5.82 Å². The number of halogens is 1. The number of rotatable bonds is 5. The summed E-state index contributed by atoms with van der Waals surface area (Å²) in [5.41, 5.74) is 1.71. The van der Waals surface area contributed by atoms with Gasteiger partial charge < -0.3 is 5.32 Å². The molecular weight excluding hydrogens is 337 g/mol. The van der Waals surface area contributed by atoms with E-state index in [2.05, 4.69) is 15.3 Å². The molecule has 0 aliphatic heterocycles. The minimum atomic E-state index is -0.318. The minimum absolute atomic E-state index is 0.0930. The highest BCUT2D eigenvalue weighted by atomic mass is 32.2. The van der Waals surface area contributed by atoms with Crippen LogP contribution in [0.5, 0.6) is 0 Å². The molecule has 1 aromatic heterocycles. The van der Waals surface area contributed by atoms with Crippen molar-refractivity contribution >= 4 is 28.6 Å². The van der Waals surface area contributed by atoms with Gasteiger partial charge in [0.1, 0.15) is 17.2 Å². The number of para-hydroxylation sites is 1. The topological polar surface area (TPSA) is 54.9 Å². The Morgan fingerprint density at radius 3 is 2.56 bits per heavy atom. The zero-order chi connectivity index (χ0) is 17.8. The number of nitrogens with zero attached hydrogens (tertiary/aromatic N) is 2. The van der Waals surface area contributed by atoms with Crippen molar-refractivity contribution in [1.82, 2.24) is 15.3 Å². The van der Waals surface area contributed by atoms with E-state index in [1.807, 2.05) is 38.1 Å². The predicted octanol–water partition coefficient (Wildman–Crippen LogP) is 4.13. The lowest BCUT2D eigenvalue weighted by Crippen LogP contribution is -2.33. The number of carbonyl (C=O) groups is 1. The van der Waals surface area contributed by atoms with Gasteiger partial charge in [-0.15, -0.1) is 0 Å². The third-order valence-electron chi connectivity index (χ3n) is 3.89. The number of nitrogens with one attached hydrogen (secondary N) is 1. The van der Waals surface area contributed by atoms with Gasteiger partial charge in [-0.1, -0.05) is 42.1 Å². The highest BCUT2D eigenvalue weighted by molar-refractivity contribution is 8.00. The van der Waals surface area contributed by atoms with Crippen molar-refractivity contribution in [1.29, 1.82) is 0 Å². The van der Waals surface area contributed by atoms with E-state index in [4.69, 9.17) is 0 Å². The van der Waals surface area contributed by atoms with Gasteiger partial charge in [0.25, 0.3) is 0 Å². The molecule has 1 heterocycles. The normalized spacial score (nSPS) is 13.4. The van der Waals surface area contributed by atoms with Gasteiger partial charge in [-0.05, 0) is 37.6 Å². The SMILES string of the molecule is CC(Sc1ncnc2ccccc12)C(=O)NC(C)c1ccc(F)cc1. The summed E-state index contributed by atoms with van der Waals surface area (Å²) in [7, 11) is 0. The van der Waals surface area contributed by atoms with E-state index in [0.717, 1.165) is 21.5 Å². The van der Waals surface area contributed by atoms with Crippen LogP contribution in [0.3, 0.4) is 0 Å². The molecular formula is C19H18FN3OS. The van der Waals surface area contributed by atoms with Gasteiger partial charge in [-0.3, -0.25) is 4.79 Å². The molecule has 0 bridgehead atoms. The molecule has 0 spiro atoms. The minimum Gasteiger partial charge on any atom is -0.349 e. The van der Waals surface area contributed by atoms with E-state index < -0.39 is 0 Å². The monoisotopic (exact) mass is 355 g/mol. The Hall–Kier alpha value is -2.47. The Kier molecular flexibility index (Phi) is 5.28. The van der Waals surface area contributed by atoms with Crippen molar-refractivity contribution in [3.63, 3.8) is 0 Å². The zero-order valence-electron chi connectivity index (χ0n) is 13.9. The third-order valence-corrected chi connectivity index (χ3v) is 5.01. The third kappa shape index (κ3) is 4.14. The first-order valence-corrected chi connectivity index (χ1v) is 8.85. The van der Waals surface area contributed by atoms with Crippen molar-refractivity contribution in [3.05, 3.63) is 66.2 Å². The summed E-state index contributed by atoms with van der Waals surface area (Å²) >= 11 is 1.40. The first-order chi connectivity index (χ1) is 12.0. The molecule has 2 unspecified atom stereocenters. The fourth-order valence-corrected chi connectivity index (χ4v) is 3.38. The van der Waals surface area contributed by atoms with Crippen LogP contribution < -0.4 is 5.32 Å². The summed E-state index contributed by atoms with van der Waals surface area (Å²) in [6.07, 6.45) is 1.51. The highest BCUT2D eigenvalue weighted by Crippen LogP contribution is 2.28. The summed E-state index contributed by atoms with van der Waals surface area (Å²) in [5.74, 6) is -0.383. The van der Waals surface area contributed by atoms with Gasteiger partial charge in [0.15, 0.2) is 0 Å².